The number of aliphatic carboxylic acids is 1. The predicted octanol–water partition coefficient (Wildman–Crippen LogP) is 4.12. The normalized spacial score (nSPS) is 15.0. The molecule has 0 aromatic heterocycles. The first-order chi connectivity index (χ1) is 14.6. The van der Waals surface area contributed by atoms with Crippen LogP contribution in [0.25, 0.3) is 0 Å². The second-order valence-corrected chi connectivity index (χ2v) is 8.39. The second kappa shape index (κ2) is 11.3. The maximum Gasteiger partial charge on any atom is 0.460 e. The molecule has 0 saturated carbocycles. The van der Waals surface area contributed by atoms with E-state index in [4.69, 9.17) is 5.11 Å². The van der Waals surface area contributed by atoms with Crippen molar-refractivity contribution in [3.63, 3.8) is 0 Å². The summed E-state index contributed by atoms with van der Waals surface area (Å²) < 4.78 is 142. The van der Waals surface area contributed by atoms with Gasteiger partial charge in [0.05, 0.1) is 0 Å². The molecule has 0 aromatic carbocycles. The zero-order valence-electron chi connectivity index (χ0n) is 17.1. The van der Waals surface area contributed by atoms with Crippen LogP contribution in [0.2, 0.25) is 0 Å². The molecule has 17 heteroatoms. The summed E-state index contributed by atoms with van der Waals surface area (Å²) in [6, 6.07) is 0. The molecule has 196 valence electrons. The summed E-state index contributed by atoms with van der Waals surface area (Å²) >= 11 is -0.0678. The van der Waals surface area contributed by atoms with Crippen LogP contribution in [0.3, 0.4) is 0 Å². The van der Waals surface area contributed by atoms with Crippen LogP contribution in [0, 0.1) is 0 Å². The zero-order valence-corrected chi connectivity index (χ0v) is 17.9. The molecule has 0 rings (SSSR count). The lowest BCUT2D eigenvalue weighted by Gasteiger charge is -2.37. The molecule has 0 heterocycles. The van der Waals surface area contributed by atoms with E-state index in [1.54, 1.807) is 19.0 Å². The van der Waals surface area contributed by atoms with Gasteiger partial charge in [0.25, 0.3) is 0 Å². The molecule has 1 amide bonds. The van der Waals surface area contributed by atoms with Crippen molar-refractivity contribution in [3.8, 4) is 0 Å². The number of nitrogens with zero attached hydrogens (tertiary/aromatic N) is 1. The third-order valence-electron chi connectivity index (χ3n) is 4.09. The van der Waals surface area contributed by atoms with E-state index in [2.05, 4.69) is 5.32 Å². The molecular formula is C16H21F11N2O3S. The first-order valence-corrected chi connectivity index (χ1v) is 10.0. The van der Waals surface area contributed by atoms with Gasteiger partial charge in [0.1, 0.15) is 5.25 Å². The Balaban J connectivity index is 5.14. The summed E-state index contributed by atoms with van der Waals surface area (Å²) in [5.74, 6) is -32.2. The van der Waals surface area contributed by atoms with Crippen LogP contribution in [-0.2, 0) is 9.59 Å². The van der Waals surface area contributed by atoms with Gasteiger partial charge in [-0.1, -0.05) is 0 Å². The van der Waals surface area contributed by atoms with Crippen molar-refractivity contribution < 1.29 is 63.0 Å². The average molecular weight is 530 g/mol. The molecule has 0 aliphatic rings. The smallest absolute Gasteiger partial charge is 0.460 e. The Hall–Kier alpha value is -1.52. The standard InChI is InChI=1S/C16H21F11N2O3S/c1-29(2)6-3-5-28-10(30)8-9(11(31)32)33-7-4-12(17,18)13(19,20)14(21,22)15(23,24)16(25,26)27/h9H,3-8H2,1-2H3,(H,28,30)(H,31,32). The molecule has 0 radical (unpaired) electrons. The fourth-order valence-corrected chi connectivity index (χ4v) is 3.24. The highest BCUT2D eigenvalue weighted by molar-refractivity contribution is 8.00. The number of thioether (sulfide) groups is 1. The van der Waals surface area contributed by atoms with Crippen LogP contribution in [0.15, 0.2) is 0 Å². The molecule has 0 aromatic rings. The van der Waals surface area contributed by atoms with Crippen molar-refractivity contribution >= 4 is 23.6 Å². The van der Waals surface area contributed by atoms with E-state index in [1.807, 2.05) is 0 Å². The van der Waals surface area contributed by atoms with Crippen molar-refractivity contribution in [2.45, 2.75) is 54.4 Å². The minimum atomic E-state index is -7.51. The maximum absolute atomic E-state index is 13.6. The summed E-state index contributed by atoms with van der Waals surface area (Å²) in [7, 11) is 3.47. The summed E-state index contributed by atoms with van der Waals surface area (Å²) in [6.07, 6.45) is -9.99. The highest BCUT2D eigenvalue weighted by Gasteiger charge is 2.86. The van der Waals surface area contributed by atoms with Gasteiger partial charge in [-0.25, -0.2) is 0 Å². The van der Waals surface area contributed by atoms with E-state index in [-0.39, 0.29) is 18.3 Å². The topological polar surface area (TPSA) is 69.6 Å². The molecule has 0 saturated heterocycles. The minimum Gasteiger partial charge on any atom is -0.480 e. The molecule has 2 N–H and O–H groups in total. The van der Waals surface area contributed by atoms with E-state index >= 15 is 0 Å². The van der Waals surface area contributed by atoms with Gasteiger partial charge in [0.2, 0.25) is 5.91 Å². The number of alkyl halides is 11. The number of halogens is 11. The number of hydrogen-bond donors (Lipinski definition) is 2. The third kappa shape index (κ3) is 7.75. The van der Waals surface area contributed by atoms with E-state index < -0.39 is 65.6 Å². The van der Waals surface area contributed by atoms with Gasteiger partial charge in [-0.3, -0.25) is 9.59 Å². The molecule has 0 spiro atoms. The van der Waals surface area contributed by atoms with Crippen molar-refractivity contribution in [3.05, 3.63) is 0 Å². The Morgan fingerprint density at radius 3 is 1.85 bits per heavy atom. The van der Waals surface area contributed by atoms with E-state index in [9.17, 15) is 57.9 Å². The van der Waals surface area contributed by atoms with Crippen LogP contribution in [-0.4, -0.2) is 89.9 Å². The SMILES string of the molecule is CN(C)CCCNC(=O)CC(SCCC(F)(F)C(F)(F)C(F)(F)C(F)(F)C(F)(F)F)C(=O)O. The Kier molecular flexibility index (Phi) is 10.8. The molecule has 5 nitrogen and oxygen atoms in total. The van der Waals surface area contributed by atoms with Crippen molar-refractivity contribution in [2.75, 3.05) is 32.9 Å². The number of carbonyl (C=O) groups excluding carboxylic acids is 1. The maximum atomic E-state index is 13.6. The van der Waals surface area contributed by atoms with Gasteiger partial charge in [-0.15, -0.1) is 11.8 Å². The lowest BCUT2D eigenvalue weighted by atomic mass is 9.96. The second-order valence-electron chi connectivity index (χ2n) is 7.08. The lowest BCUT2D eigenvalue weighted by Crippen LogP contribution is -2.66. The quantitative estimate of drug-likeness (QED) is 0.261. The van der Waals surface area contributed by atoms with Gasteiger partial charge in [0, 0.05) is 25.1 Å². The molecule has 0 aliphatic carbocycles. The molecule has 0 bridgehead atoms. The summed E-state index contributed by atoms with van der Waals surface area (Å²) in [5, 5.41) is 9.49. The fourth-order valence-electron chi connectivity index (χ4n) is 2.17. The van der Waals surface area contributed by atoms with E-state index in [1.165, 1.54) is 0 Å². The number of carboxylic acid groups (broad SMARTS) is 1. The summed E-state index contributed by atoms with van der Waals surface area (Å²) in [6.45, 7) is 0.666. The van der Waals surface area contributed by atoms with Gasteiger partial charge >= 0.3 is 35.8 Å². The Bertz CT molecular complexity index is 673. The molecule has 1 unspecified atom stereocenters. The highest BCUT2D eigenvalue weighted by atomic mass is 32.2. The number of carboxylic acids is 1. The number of carbonyl (C=O) groups is 2. The van der Waals surface area contributed by atoms with Crippen LogP contribution in [0.4, 0.5) is 48.3 Å². The summed E-state index contributed by atoms with van der Waals surface area (Å²) in [5.41, 5.74) is 0. The van der Waals surface area contributed by atoms with Gasteiger partial charge in [-0.2, -0.15) is 48.3 Å². The van der Waals surface area contributed by atoms with E-state index in [0.29, 0.717) is 13.0 Å². The molecule has 1 atom stereocenters. The van der Waals surface area contributed by atoms with Crippen molar-refractivity contribution in [1.29, 1.82) is 0 Å². The zero-order chi connectivity index (χ0) is 26.5. The van der Waals surface area contributed by atoms with Crippen molar-refractivity contribution in [2.24, 2.45) is 0 Å². The number of hydrogen-bond acceptors (Lipinski definition) is 4. The number of amides is 1. The predicted molar refractivity (Wildman–Crippen MR) is 95.1 cm³/mol. The fraction of sp³-hybridized carbons (Fsp3) is 0.875. The lowest BCUT2D eigenvalue weighted by molar-refractivity contribution is -0.422. The first kappa shape index (κ1) is 31.5. The van der Waals surface area contributed by atoms with Gasteiger partial charge < -0.3 is 15.3 Å². The Morgan fingerprint density at radius 1 is 0.909 bits per heavy atom. The van der Waals surface area contributed by atoms with Gasteiger partial charge in [0.15, 0.2) is 0 Å². The third-order valence-corrected chi connectivity index (χ3v) is 5.30. The number of nitrogens with one attached hydrogen (secondary N) is 1. The first-order valence-electron chi connectivity index (χ1n) is 8.95. The van der Waals surface area contributed by atoms with Crippen LogP contribution in [0.5, 0.6) is 0 Å². The van der Waals surface area contributed by atoms with Gasteiger partial charge in [-0.05, 0) is 27.1 Å². The monoisotopic (exact) mass is 530 g/mol. The Morgan fingerprint density at radius 2 is 1.42 bits per heavy atom. The van der Waals surface area contributed by atoms with Crippen LogP contribution < -0.4 is 5.32 Å². The molecular weight excluding hydrogens is 509 g/mol. The number of rotatable bonds is 14. The molecule has 33 heavy (non-hydrogen) atoms. The average Bonchev–Trinajstić information content (AvgIpc) is 2.62. The molecule has 0 aliphatic heterocycles. The minimum absolute atomic E-state index is 0.0678. The Labute approximate surface area is 185 Å². The van der Waals surface area contributed by atoms with E-state index in [0.717, 1.165) is 0 Å². The van der Waals surface area contributed by atoms with Crippen LogP contribution >= 0.6 is 11.8 Å². The highest BCUT2D eigenvalue weighted by Crippen LogP contribution is 2.58. The summed E-state index contributed by atoms with van der Waals surface area (Å²) in [4.78, 5) is 24.6. The van der Waals surface area contributed by atoms with Crippen LogP contribution in [0.1, 0.15) is 19.3 Å². The molecule has 0 fully saturated rings. The van der Waals surface area contributed by atoms with Crippen molar-refractivity contribution in [1.82, 2.24) is 10.2 Å². The largest absolute Gasteiger partial charge is 0.480 e.